The Labute approximate surface area is 182 Å². The van der Waals surface area contributed by atoms with Crippen LogP contribution in [-0.4, -0.2) is 47.0 Å². The molecule has 0 bridgehead atoms. The first kappa shape index (κ1) is 22.1. The minimum atomic E-state index is 0.397. The maximum absolute atomic E-state index is 5.77. The van der Waals surface area contributed by atoms with E-state index in [2.05, 4.69) is 22.2 Å². The predicted octanol–water partition coefficient (Wildman–Crippen LogP) is 3.62. The molecule has 0 radical (unpaired) electrons. The van der Waals surface area contributed by atoms with E-state index in [4.69, 9.17) is 23.7 Å². The van der Waals surface area contributed by atoms with Gasteiger partial charge < -0.3 is 34.3 Å². The molecule has 0 fully saturated rings. The lowest BCUT2D eigenvalue weighted by molar-refractivity contribution is 0.297. The molecule has 31 heavy (non-hydrogen) atoms. The van der Waals surface area contributed by atoms with Crippen molar-refractivity contribution in [3.63, 3.8) is 0 Å². The maximum Gasteiger partial charge on any atom is 0.203 e. The van der Waals surface area contributed by atoms with E-state index in [1.807, 2.05) is 30.3 Å². The standard InChI is InChI=1S/C23H29N3O5/c1-5-9-24-23(26-17-7-8-18-19(14-17)31-11-6-10-30-18)25-15-16-12-20(27-2)22(29-4)21(13-16)28-3/h5,7-8,12-14H,1,6,9-11,15H2,2-4H3,(H2,24,25,26). The Bertz CT molecular complexity index is 904. The smallest absolute Gasteiger partial charge is 0.203 e. The predicted molar refractivity (Wildman–Crippen MR) is 121 cm³/mol. The average molecular weight is 428 g/mol. The SMILES string of the molecule is C=CCNC(=NCc1cc(OC)c(OC)c(OC)c1)Nc1ccc2c(c1)OCCCO2. The van der Waals surface area contributed by atoms with Crippen molar-refractivity contribution in [3.05, 3.63) is 48.6 Å². The zero-order chi connectivity index (χ0) is 22.1. The lowest BCUT2D eigenvalue weighted by atomic mass is 10.2. The lowest BCUT2D eigenvalue weighted by Gasteiger charge is -2.15. The number of guanidine groups is 1. The summed E-state index contributed by atoms with van der Waals surface area (Å²) in [6.45, 7) is 6.01. The summed E-state index contributed by atoms with van der Waals surface area (Å²) in [6.07, 6.45) is 2.63. The van der Waals surface area contributed by atoms with Gasteiger partial charge in [-0.3, -0.25) is 0 Å². The van der Waals surface area contributed by atoms with Crippen LogP contribution >= 0.6 is 0 Å². The number of hydrogen-bond acceptors (Lipinski definition) is 6. The molecule has 0 unspecified atom stereocenters. The molecule has 2 aromatic carbocycles. The van der Waals surface area contributed by atoms with Crippen molar-refractivity contribution in [2.24, 2.45) is 4.99 Å². The van der Waals surface area contributed by atoms with E-state index in [0.29, 0.717) is 49.5 Å². The fourth-order valence-corrected chi connectivity index (χ4v) is 3.08. The number of methoxy groups -OCH3 is 3. The van der Waals surface area contributed by atoms with Gasteiger partial charge in [0.15, 0.2) is 29.0 Å². The first-order valence-corrected chi connectivity index (χ1v) is 10.0. The van der Waals surface area contributed by atoms with E-state index in [0.717, 1.165) is 29.2 Å². The summed E-state index contributed by atoms with van der Waals surface area (Å²) in [5.74, 6) is 3.79. The van der Waals surface area contributed by atoms with Crippen LogP contribution in [0.4, 0.5) is 5.69 Å². The second kappa shape index (κ2) is 11.0. The van der Waals surface area contributed by atoms with Gasteiger partial charge in [0.05, 0.1) is 41.1 Å². The van der Waals surface area contributed by atoms with Crippen molar-refractivity contribution in [2.45, 2.75) is 13.0 Å². The number of nitrogens with zero attached hydrogens (tertiary/aromatic N) is 1. The van der Waals surface area contributed by atoms with Gasteiger partial charge in [-0.2, -0.15) is 0 Å². The molecule has 0 atom stereocenters. The molecule has 0 amide bonds. The second-order valence-electron chi connectivity index (χ2n) is 6.70. The van der Waals surface area contributed by atoms with Crippen LogP contribution in [0.5, 0.6) is 28.7 Å². The number of aliphatic imine (C=N–C) groups is 1. The Morgan fingerprint density at radius 3 is 2.39 bits per heavy atom. The Morgan fingerprint density at radius 2 is 1.74 bits per heavy atom. The molecule has 1 aliphatic heterocycles. The van der Waals surface area contributed by atoms with Gasteiger partial charge in [0, 0.05) is 24.7 Å². The monoisotopic (exact) mass is 427 g/mol. The largest absolute Gasteiger partial charge is 0.493 e. The number of nitrogens with one attached hydrogen (secondary N) is 2. The number of fused-ring (bicyclic) bond motifs is 1. The highest BCUT2D eigenvalue weighted by atomic mass is 16.5. The third-order valence-electron chi connectivity index (χ3n) is 4.57. The highest BCUT2D eigenvalue weighted by Gasteiger charge is 2.14. The summed E-state index contributed by atoms with van der Waals surface area (Å²) in [5, 5.41) is 6.52. The highest BCUT2D eigenvalue weighted by molar-refractivity contribution is 5.94. The van der Waals surface area contributed by atoms with Crippen LogP contribution in [0, 0.1) is 0 Å². The van der Waals surface area contributed by atoms with Gasteiger partial charge >= 0.3 is 0 Å². The van der Waals surface area contributed by atoms with Crippen LogP contribution in [0.15, 0.2) is 48.0 Å². The molecule has 0 aromatic heterocycles. The summed E-state index contributed by atoms with van der Waals surface area (Å²) in [4.78, 5) is 4.69. The van der Waals surface area contributed by atoms with Gasteiger partial charge in [0.1, 0.15) is 0 Å². The summed E-state index contributed by atoms with van der Waals surface area (Å²) >= 11 is 0. The molecule has 1 heterocycles. The van der Waals surface area contributed by atoms with E-state index in [9.17, 15) is 0 Å². The number of hydrogen-bond donors (Lipinski definition) is 2. The Hall–Kier alpha value is -3.55. The first-order chi connectivity index (χ1) is 15.2. The molecule has 1 aliphatic rings. The third kappa shape index (κ3) is 5.75. The van der Waals surface area contributed by atoms with Crippen LogP contribution in [0.1, 0.15) is 12.0 Å². The van der Waals surface area contributed by atoms with Gasteiger partial charge in [-0.1, -0.05) is 6.08 Å². The molecule has 0 saturated heterocycles. The van der Waals surface area contributed by atoms with Crippen molar-refractivity contribution < 1.29 is 23.7 Å². The molecule has 2 N–H and O–H groups in total. The fraction of sp³-hybridized carbons (Fsp3) is 0.348. The van der Waals surface area contributed by atoms with Crippen molar-refractivity contribution >= 4 is 11.6 Å². The maximum atomic E-state index is 5.77. The first-order valence-electron chi connectivity index (χ1n) is 10.0. The molecular formula is C23H29N3O5. The van der Waals surface area contributed by atoms with Crippen LogP contribution < -0.4 is 34.3 Å². The van der Waals surface area contributed by atoms with Crippen molar-refractivity contribution in [1.82, 2.24) is 5.32 Å². The van der Waals surface area contributed by atoms with Crippen molar-refractivity contribution in [2.75, 3.05) is 46.4 Å². The Balaban J connectivity index is 1.81. The third-order valence-corrected chi connectivity index (χ3v) is 4.57. The summed E-state index contributed by atoms with van der Waals surface area (Å²) in [6, 6.07) is 9.49. The van der Waals surface area contributed by atoms with Gasteiger partial charge in [-0.15, -0.1) is 6.58 Å². The molecule has 0 spiro atoms. The van der Waals surface area contributed by atoms with Crippen molar-refractivity contribution in [3.8, 4) is 28.7 Å². The van der Waals surface area contributed by atoms with E-state index >= 15 is 0 Å². The zero-order valence-electron chi connectivity index (χ0n) is 18.2. The number of benzene rings is 2. The topological polar surface area (TPSA) is 82.6 Å². The Morgan fingerprint density at radius 1 is 1.03 bits per heavy atom. The number of rotatable bonds is 8. The van der Waals surface area contributed by atoms with Gasteiger partial charge in [-0.25, -0.2) is 4.99 Å². The van der Waals surface area contributed by atoms with Gasteiger partial charge in [0.25, 0.3) is 0 Å². The molecule has 0 aliphatic carbocycles. The normalized spacial score (nSPS) is 13.1. The summed E-state index contributed by atoms with van der Waals surface area (Å²) in [7, 11) is 4.76. The fourth-order valence-electron chi connectivity index (χ4n) is 3.08. The summed E-state index contributed by atoms with van der Waals surface area (Å²) in [5.41, 5.74) is 1.75. The van der Waals surface area contributed by atoms with E-state index in [1.165, 1.54) is 0 Å². The minimum absolute atomic E-state index is 0.397. The second-order valence-corrected chi connectivity index (χ2v) is 6.70. The molecular weight excluding hydrogens is 398 g/mol. The molecule has 2 aromatic rings. The quantitative estimate of drug-likeness (QED) is 0.378. The van der Waals surface area contributed by atoms with Crippen LogP contribution in [0.3, 0.4) is 0 Å². The van der Waals surface area contributed by atoms with Crippen molar-refractivity contribution in [1.29, 1.82) is 0 Å². The average Bonchev–Trinajstić information content (AvgIpc) is 3.05. The van der Waals surface area contributed by atoms with Crippen LogP contribution in [-0.2, 0) is 6.54 Å². The van der Waals surface area contributed by atoms with E-state index < -0.39 is 0 Å². The zero-order valence-corrected chi connectivity index (χ0v) is 18.2. The minimum Gasteiger partial charge on any atom is -0.493 e. The molecule has 8 nitrogen and oxygen atoms in total. The molecule has 8 heteroatoms. The van der Waals surface area contributed by atoms with E-state index in [-0.39, 0.29) is 0 Å². The van der Waals surface area contributed by atoms with Gasteiger partial charge in [-0.05, 0) is 29.8 Å². The Kier molecular flexibility index (Phi) is 7.86. The summed E-state index contributed by atoms with van der Waals surface area (Å²) < 4.78 is 27.7. The molecule has 3 rings (SSSR count). The molecule has 166 valence electrons. The molecule has 0 saturated carbocycles. The number of anilines is 1. The number of ether oxygens (including phenoxy) is 5. The van der Waals surface area contributed by atoms with Gasteiger partial charge in [0.2, 0.25) is 5.75 Å². The highest BCUT2D eigenvalue weighted by Crippen LogP contribution is 2.38. The van der Waals surface area contributed by atoms with Crippen LogP contribution in [0.2, 0.25) is 0 Å². The van der Waals surface area contributed by atoms with E-state index in [1.54, 1.807) is 27.4 Å². The lowest BCUT2D eigenvalue weighted by Crippen LogP contribution is -2.31. The van der Waals surface area contributed by atoms with Crippen LogP contribution in [0.25, 0.3) is 0 Å².